The van der Waals surface area contributed by atoms with E-state index in [9.17, 15) is 4.79 Å². The zero-order valence-corrected chi connectivity index (χ0v) is 20.5. The van der Waals surface area contributed by atoms with Gasteiger partial charge in [-0.1, -0.05) is 30.3 Å². The van der Waals surface area contributed by atoms with Crippen molar-refractivity contribution in [2.45, 2.75) is 6.04 Å². The minimum atomic E-state index is -0.233. The van der Waals surface area contributed by atoms with Crippen LogP contribution in [0, 0.1) is 0 Å². The number of benzene rings is 2. The molecule has 1 N–H and O–H groups in total. The highest BCUT2D eigenvalue weighted by molar-refractivity contribution is 7.10. The molecule has 1 amide bonds. The standard InChI is InChI=1S/C26H28N4O3S/c1-29(2)21(24-11-8-14-34-24)16-27-26(31)25-20(17-30(28-25)19-9-6-5-7-10-19)18-12-13-22(32-3)23(15-18)33-4/h5-15,17,21H,16H2,1-4H3,(H,27,31). The second-order valence-electron chi connectivity index (χ2n) is 7.95. The number of hydrogen-bond acceptors (Lipinski definition) is 6. The summed E-state index contributed by atoms with van der Waals surface area (Å²) in [6, 6.07) is 19.5. The molecular weight excluding hydrogens is 448 g/mol. The fourth-order valence-electron chi connectivity index (χ4n) is 3.76. The Labute approximate surface area is 203 Å². The van der Waals surface area contributed by atoms with Gasteiger partial charge in [0.2, 0.25) is 0 Å². The summed E-state index contributed by atoms with van der Waals surface area (Å²) in [5.74, 6) is 0.976. The van der Waals surface area contributed by atoms with Gasteiger partial charge in [-0.25, -0.2) is 4.68 Å². The zero-order chi connectivity index (χ0) is 24.1. The fraction of sp³-hybridized carbons (Fsp3) is 0.231. The highest BCUT2D eigenvalue weighted by atomic mass is 32.1. The van der Waals surface area contributed by atoms with Gasteiger partial charge in [0.15, 0.2) is 17.2 Å². The van der Waals surface area contributed by atoms with Crippen LogP contribution < -0.4 is 14.8 Å². The summed E-state index contributed by atoms with van der Waals surface area (Å²) in [5, 5.41) is 9.80. The van der Waals surface area contributed by atoms with E-state index in [1.165, 1.54) is 4.88 Å². The number of likely N-dealkylation sites (N-methyl/N-ethyl adjacent to an activating group) is 1. The van der Waals surface area contributed by atoms with E-state index in [1.54, 1.807) is 30.2 Å². The lowest BCUT2D eigenvalue weighted by molar-refractivity contribution is 0.0937. The minimum absolute atomic E-state index is 0.0738. The smallest absolute Gasteiger partial charge is 0.272 e. The highest BCUT2D eigenvalue weighted by Crippen LogP contribution is 2.34. The number of aromatic nitrogens is 2. The van der Waals surface area contributed by atoms with E-state index in [2.05, 4.69) is 21.4 Å². The highest BCUT2D eigenvalue weighted by Gasteiger charge is 2.22. The largest absolute Gasteiger partial charge is 0.493 e. The Morgan fingerprint density at radius 3 is 2.47 bits per heavy atom. The molecule has 2 heterocycles. The second kappa shape index (κ2) is 10.5. The molecular formula is C26H28N4O3S. The van der Waals surface area contributed by atoms with E-state index >= 15 is 0 Å². The molecule has 1 atom stereocenters. The molecule has 34 heavy (non-hydrogen) atoms. The van der Waals surface area contributed by atoms with Crippen LogP contribution in [0.25, 0.3) is 16.8 Å². The Kier molecular flexibility index (Phi) is 7.30. The van der Waals surface area contributed by atoms with Crippen molar-refractivity contribution in [3.63, 3.8) is 0 Å². The molecule has 176 valence electrons. The normalized spacial score (nSPS) is 11.9. The number of rotatable bonds is 9. The van der Waals surface area contributed by atoms with Crippen molar-refractivity contribution in [3.8, 4) is 28.3 Å². The first kappa shape index (κ1) is 23.5. The zero-order valence-electron chi connectivity index (χ0n) is 19.7. The van der Waals surface area contributed by atoms with Gasteiger partial charge in [-0.2, -0.15) is 5.10 Å². The van der Waals surface area contributed by atoms with Gasteiger partial charge in [0.25, 0.3) is 5.91 Å². The van der Waals surface area contributed by atoms with Crippen molar-refractivity contribution in [1.82, 2.24) is 20.0 Å². The molecule has 0 aliphatic carbocycles. The van der Waals surface area contributed by atoms with Crippen LogP contribution in [0.15, 0.2) is 72.2 Å². The molecule has 0 aliphatic rings. The Morgan fingerprint density at radius 1 is 1.06 bits per heavy atom. The SMILES string of the molecule is COc1ccc(-c2cn(-c3ccccc3)nc2C(=O)NCC(c2cccs2)N(C)C)cc1OC. The first-order valence-electron chi connectivity index (χ1n) is 10.9. The molecule has 4 aromatic rings. The molecule has 7 nitrogen and oxygen atoms in total. The van der Waals surface area contributed by atoms with Gasteiger partial charge < -0.3 is 19.7 Å². The predicted molar refractivity (Wildman–Crippen MR) is 135 cm³/mol. The third-order valence-electron chi connectivity index (χ3n) is 5.60. The molecule has 0 spiro atoms. The number of hydrogen-bond donors (Lipinski definition) is 1. The van der Waals surface area contributed by atoms with E-state index < -0.39 is 0 Å². The summed E-state index contributed by atoms with van der Waals surface area (Å²) >= 11 is 1.68. The Hall–Kier alpha value is -3.62. The van der Waals surface area contributed by atoms with Gasteiger partial charge in [0.05, 0.1) is 25.9 Å². The van der Waals surface area contributed by atoms with Crippen molar-refractivity contribution in [3.05, 3.63) is 82.8 Å². The van der Waals surface area contributed by atoms with Crippen LogP contribution in [0.1, 0.15) is 21.4 Å². The van der Waals surface area contributed by atoms with E-state index in [1.807, 2.05) is 80.3 Å². The topological polar surface area (TPSA) is 68.6 Å². The van der Waals surface area contributed by atoms with Gasteiger partial charge in [0.1, 0.15) is 0 Å². The van der Waals surface area contributed by atoms with Crippen LogP contribution in [0.5, 0.6) is 11.5 Å². The quantitative estimate of drug-likeness (QED) is 0.381. The third-order valence-corrected chi connectivity index (χ3v) is 6.57. The molecule has 0 radical (unpaired) electrons. The van der Waals surface area contributed by atoms with E-state index in [0.29, 0.717) is 29.3 Å². The van der Waals surface area contributed by atoms with Gasteiger partial charge in [0, 0.05) is 23.2 Å². The Morgan fingerprint density at radius 2 is 1.82 bits per heavy atom. The number of nitrogens with zero attached hydrogens (tertiary/aromatic N) is 3. The van der Waals surface area contributed by atoms with E-state index in [-0.39, 0.29) is 11.9 Å². The predicted octanol–water partition coefficient (Wildman–Crippen LogP) is 4.65. The van der Waals surface area contributed by atoms with Gasteiger partial charge in [-0.15, -0.1) is 11.3 Å². The van der Waals surface area contributed by atoms with Crippen LogP contribution in [0.3, 0.4) is 0 Å². The minimum Gasteiger partial charge on any atom is -0.493 e. The van der Waals surface area contributed by atoms with Crippen molar-refractivity contribution in [2.24, 2.45) is 0 Å². The number of methoxy groups -OCH3 is 2. The van der Waals surface area contributed by atoms with Crippen LogP contribution in [-0.4, -0.2) is 55.4 Å². The molecule has 8 heteroatoms. The summed E-state index contributed by atoms with van der Waals surface area (Å²) in [6.45, 7) is 0.468. The lowest BCUT2D eigenvalue weighted by Gasteiger charge is -2.23. The number of ether oxygens (including phenoxy) is 2. The maximum Gasteiger partial charge on any atom is 0.272 e. The lowest BCUT2D eigenvalue weighted by atomic mass is 10.1. The van der Waals surface area contributed by atoms with E-state index in [4.69, 9.17) is 9.47 Å². The van der Waals surface area contributed by atoms with Gasteiger partial charge in [-0.3, -0.25) is 4.79 Å². The van der Waals surface area contributed by atoms with Crippen molar-refractivity contribution in [2.75, 3.05) is 34.9 Å². The molecule has 4 rings (SSSR count). The Balaban J connectivity index is 1.69. The molecule has 2 aromatic carbocycles. The maximum atomic E-state index is 13.4. The molecule has 0 bridgehead atoms. The summed E-state index contributed by atoms with van der Waals surface area (Å²) in [4.78, 5) is 16.7. The van der Waals surface area contributed by atoms with Crippen LogP contribution in [0.4, 0.5) is 0 Å². The van der Waals surface area contributed by atoms with Crippen molar-refractivity contribution in [1.29, 1.82) is 0 Å². The summed E-state index contributed by atoms with van der Waals surface area (Å²) in [6.07, 6.45) is 1.87. The summed E-state index contributed by atoms with van der Waals surface area (Å²) in [7, 11) is 7.21. The number of carbonyl (C=O) groups excluding carboxylic acids is 1. The molecule has 0 fully saturated rings. The first-order chi connectivity index (χ1) is 16.5. The van der Waals surface area contributed by atoms with Gasteiger partial charge >= 0.3 is 0 Å². The maximum absolute atomic E-state index is 13.4. The van der Waals surface area contributed by atoms with Crippen molar-refractivity contribution >= 4 is 17.2 Å². The second-order valence-corrected chi connectivity index (χ2v) is 8.93. The van der Waals surface area contributed by atoms with Crippen LogP contribution >= 0.6 is 11.3 Å². The lowest BCUT2D eigenvalue weighted by Crippen LogP contribution is -2.34. The average molecular weight is 477 g/mol. The number of nitrogens with one attached hydrogen (secondary N) is 1. The average Bonchev–Trinajstić information content (AvgIpc) is 3.55. The number of carbonyl (C=O) groups is 1. The molecule has 1 unspecified atom stereocenters. The molecule has 2 aromatic heterocycles. The number of amides is 1. The molecule has 0 saturated carbocycles. The molecule has 0 aliphatic heterocycles. The van der Waals surface area contributed by atoms with E-state index in [0.717, 1.165) is 11.3 Å². The monoisotopic (exact) mass is 476 g/mol. The van der Waals surface area contributed by atoms with Crippen LogP contribution in [0.2, 0.25) is 0 Å². The molecule has 0 saturated heterocycles. The number of thiophene rings is 1. The van der Waals surface area contributed by atoms with Gasteiger partial charge in [-0.05, 0) is 55.4 Å². The summed E-state index contributed by atoms with van der Waals surface area (Å²) < 4.78 is 12.6. The van der Waals surface area contributed by atoms with Crippen LogP contribution in [-0.2, 0) is 0 Å². The van der Waals surface area contributed by atoms with Crippen molar-refractivity contribution < 1.29 is 14.3 Å². The third kappa shape index (κ3) is 4.98. The first-order valence-corrected chi connectivity index (χ1v) is 11.7. The Bertz CT molecular complexity index is 1240. The summed E-state index contributed by atoms with van der Waals surface area (Å²) in [5.41, 5.74) is 2.74. The number of para-hydroxylation sites is 1. The fourth-order valence-corrected chi connectivity index (χ4v) is 4.68.